The minimum atomic E-state index is 0.619. The Morgan fingerprint density at radius 1 is 0.500 bits per heavy atom. The van der Waals surface area contributed by atoms with E-state index in [2.05, 4.69) is 145 Å². The summed E-state index contributed by atoms with van der Waals surface area (Å²) < 4.78 is 0. The van der Waals surface area contributed by atoms with Crippen LogP contribution in [-0.4, -0.2) is 0 Å². The lowest BCUT2D eigenvalue weighted by molar-refractivity contribution is 1.22. The average molecular weight is 643 g/mol. The first-order chi connectivity index (χ1) is 24.4. The van der Waals surface area contributed by atoms with E-state index in [0.29, 0.717) is 11.3 Å². The highest BCUT2D eigenvalue weighted by Crippen LogP contribution is 2.49. The van der Waals surface area contributed by atoms with Gasteiger partial charge in [0.15, 0.2) is 5.69 Å². The smallest absolute Gasteiger partial charge is 0.187 e. The van der Waals surface area contributed by atoms with Crippen molar-refractivity contribution in [1.29, 1.82) is 5.26 Å². The van der Waals surface area contributed by atoms with Crippen LogP contribution in [0.5, 0.6) is 0 Å². The number of hydrogen-bond donors (Lipinski definition) is 0. The lowest BCUT2D eigenvalue weighted by Crippen LogP contribution is -2.14. The predicted molar refractivity (Wildman–Crippen MR) is 209 cm³/mol. The van der Waals surface area contributed by atoms with Crippen molar-refractivity contribution >= 4 is 72.1 Å². The summed E-state index contributed by atoms with van der Waals surface area (Å²) >= 11 is 0. The first kappa shape index (κ1) is 30.7. The first-order valence-corrected chi connectivity index (χ1v) is 16.8. The van der Waals surface area contributed by atoms with Gasteiger partial charge in [0.25, 0.3) is 0 Å². The number of anilines is 6. The van der Waals surface area contributed by atoms with Crippen LogP contribution in [0.2, 0.25) is 0 Å². The van der Waals surface area contributed by atoms with Gasteiger partial charge in [-0.2, -0.15) is 5.26 Å². The van der Waals surface area contributed by atoms with E-state index in [0.717, 1.165) is 44.9 Å². The summed E-state index contributed by atoms with van der Waals surface area (Å²) in [7, 11) is 0. The summed E-state index contributed by atoms with van der Waals surface area (Å²) in [5.41, 5.74) is 12.4. The maximum Gasteiger partial charge on any atom is 0.187 e. The largest absolute Gasteiger partial charge is 0.309 e. The van der Waals surface area contributed by atoms with Crippen molar-refractivity contribution in [2.24, 2.45) is 0 Å². The molecule has 0 amide bonds. The molecule has 238 valence electrons. The molecule has 0 radical (unpaired) electrons. The SMILES string of the molecule is [C-]#[N+]c1ccc(N(c2c(C)cccc2C)c2ccc3ccc4c(N(c5ccc(C#N)cc5)c5c(C)cccc5C)ccc5ccc2c3c54)cc1. The molecule has 4 nitrogen and oxygen atoms in total. The van der Waals surface area contributed by atoms with E-state index in [4.69, 9.17) is 6.57 Å². The Hall–Kier alpha value is -6.62. The van der Waals surface area contributed by atoms with E-state index in [1.165, 1.54) is 43.8 Å². The zero-order valence-electron chi connectivity index (χ0n) is 28.5. The number of aryl methyl sites for hydroxylation is 4. The fourth-order valence-corrected chi connectivity index (χ4v) is 7.62. The van der Waals surface area contributed by atoms with Crippen molar-refractivity contribution in [3.63, 3.8) is 0 Å². The third-order valence-electron chi connectivity index (χ3n) is 9.92. The molecule has 0 bridgehead atoms. The van der Waals surface area contributed by atoms with Crippen LogP contribution in [0.3, 0.4) is 0 Å². The van der Waals surface area contributed by atoms with Crippen LogP contribution in [0.25, 0.3) is 37.2 Å². The van der Waals surface area contributed by atoms with Gasteiger partial charge < -0.3 is 9.80 Å². The van der Waals surface area contributed by atoms with Crippen molar-refractivity contribution in [2.45, 2.75) is 27.7 Å². The maximum atomic E-state index is 9.57. The molecule has 50 heavy (non-hydrogen) atoms. The summed E-state index contributed by atoms with van der Waals surface area (Å²) in [5.74, 6) is 0. The lowest BCUT2D eigenvalue weighted by Gasteiger charge is -2.31. The van der Waals surface area contributed by atoms with E-state index in [1.54, 1.807) is 0 Å². The molecular formula is C46H34N4. The van der Waals surface area contributed by atoms with Crippen molar-refractivity contribution in [3.05, 3.63) is 173 Å². The van der Waals surface area contributed by atoms with Crippen molar-refractivity contribution in [1.82, 2.24) is 0 Å². The number of rotatable bonds is 6. The van der Waals surface area contributed by atoms with Gasteiger partial charge in [-0.15, -0.1) is 0 Å². The molecule has 8 aromatic rings. The third-order valence-corrected chi connectivity index (χ3v) is 9.92. The molecule has 0 saturated heterocycles. The second-order valence-electron chi connectivity index (χ2n) is 13.0. The number of hydrogen-bond acceptors (Lipinski definition) is 3. The fraction of sp³-hybridized carbons (Fsp3) is 0.0870. The van der Waals surface area contributed by atoms with E-state index in [9.17, 15) is 5.26 Å². The first-order valence-electron chi connectivity index (χ1n) is 16.8. The molecule has 0 saturated carbocycles. The second kappa shape index (κ2) is 12.1. The van der Waals surface area contributed by atoms with Gasteiger partial charge in [-0.1, -0.05) is 84.9 Å². The van der Waals surface area contributed by atoms with Gasteiger partial charge in [-0.25, -0.2) is 4.85 Å². The summed E-state index contributed by atoms with van der Waals surface area (Å²) in [6.45, 7) is 16.2. The van der Waals surface area contributed by atoms with Gasteiger partial charge in [-0.05, 0) is 120 Å². The van der Waals surface area contributed by atoms with E-state index in [1.807, 2.05) is 36.4 Å². The Kier molecular flexibility index (Phi) is 7.44. The van der Waals surface area contributed by atoms with Crippen LogP contribution in [0, 0.1) is 45.6 Å². The minimum Gasteiger partial charge on any atom is -0.309 e. The molecule has 0 atom stereocenters. The zero-order valence-corrected chi connectivity index (χ0v) is 28.5. The summed E-state index contributed by atoms with van der Waals surface area (Å²) in [6, 6.07) is 48.9. The molecule has 0 aromatic heterocycles. The van der Waals surface area contributed by atoms with Crippen LogP contribution < -0.4 is 9.80 Å². The van der Waals surface area contributed by atoms with Gasteiger partial charge in [0.2, 0.25) is 0 Å². The van der Waals surface area contributed by atoms with Crippen LogP contribution in [0.15, 0.2) is 133 Å². The Morgan fingerprint density at radius 3 is 1.30 bits per heavy atom. The highest BCUT2D eigenvalue weighted by molar-refractivity contribution is 6.28. The minimum absolute atomic E-state index is 0.619. The van der Waals surface area contributed by atoms with Crippen LogP contribution >= 0.6 is 0 Å². The molecule has 0 spiro atoms. The maximum absolute atomic E-state index is 9.57. The van der Waals surface area contributed by atoms with Crippen LogP contribution in [0.1, 0.15) is 27.8 Å². The van der Waals surface area contributed by atoms with Crippen LogP contribution in [0.4, 0.5) is 39.8 Å². The van der Waals surface area contributed by atoms with Crippen molar-refractivity contribution in [3.8, 4) is 6.07 Å². The molecule has 8 rings (SSSR count). The standard InChI is InChI=1S/C46H34N4/c1-29-8-6-9-30(2)45(29)49(37-20-12-33(28-47)13-21-37)41-26-16-34-15-25-40-42(27-17-35-14-24-39(41)43(34)44(35)40)50(38-22-18-36(48-5)19-23-38)46-31(3)10-7-11-32(46)4/h6-27H,1-4H3. The van der Waals surface area contributed by atoms with Gasteiger partial charge >= 0.3 is 0 Å². The molecule has 0 aliphatic carbocycles. The number of nitrogens with zero attached hydrogens (tertiary/aromatic N) is 4. The second-order valence-corrected chi connectivity index (χ2v) is 13.0. The topological polar surface area (TPSA) is 34.6 Å². The Bertz CT molecular complexity index is 2430. The van der Waals surface area contributed by atoms with Crippen molar-refractivity contribution in [2.75, 3.05) is 9.80 Å². The van der Waals surface area contributed by atoms with E-state index < -0.39 is 0 Å². The molecule has 0 fully saturated rings. The number of nitriles is 1. The van der Waals surface area contributed by atoms with Crippen molar-refractivity contribution < 1.29 is 0 Å². The quantitative estimate of drug-likeness (QED) is 0.134. The van der Waals surface area contributed by atoms with Gasteiger partial charge in [0.1, 0.15) is 0 Å². The molecule has 0 N–H and O–H groups in total. The summed E-state index contributed by atoms with van der Waals surface area (Å²) in [4.78, 5) is 8.36. The third kappa shape index (κ3) is 4.90. The van der Waals surface area contributed by atoms with E-state index in [-0.39, 0.29) is 0 Å². The highest BCUT2D eigenvalue weighted by atomic mass is 15.2. The number of para-hydroxylation sites is 2. The summed E-state index contributed by atoms with van der Waals surface area (Å²) in [6.07, 6.45) is 0. The monoisotopic (exact) mass is 642 g/mol. The zero-order chi connectivity index (χ0) is 34.5. The normalized spacial score (nSPS) is 11.2. The molecule has 4 heteroatoms. The Balaban J connectivity index is 1.43. The molecule has 0 heterocycles. The predicted octanol–water partition coefficient (Wildman–Crippen LogP) is 13.2. The Labute approximate surface area is 292 Å². The molecular weight excluding hydrogens is 609 g/mol. The van der Waals surface area contributed by atoms with Gasteiger partial charge in [0, 0.05) is 22.1 Å². The fourth-order valence-electron chi connectivity index (χ4n) is 7.62. The molecule has 0 aliphatic heterocycles. The van der Waals surface area contributed by atoms with Crippen LogP contribution in [-0.2, 0) is 0 Å². The molecule has 0 unspecified atom stereocenters. The Morgan fingerprint density at radius 2 is 0.900 bits per heavy atom. The lowest BCUT2D eigenvalue weighted by atomic mass is 9.91. The summed E-state index contributed by atoms with van der Waals surface area (Å²) in [5, 5.41) is 16.7. The number of benzene rings is 8. The molecule has 8 aromatic carbocycles. The van der Waals surface area contributed by atoms with Gasteiger partial charge in [-0.3, -0.25) is 0 Å². The van der Waals surface area contributed by atoms with Gasteiger partial charge in [0.05, 0.1) is 41.0 Å². The average Bonchev–Trinajstić information content (AvgIpc) is 3.14. The highest BCUT2D eigenvalue weighted by Gasteiger charge is 2.24. The molecule has 0 aliphatic rings. The van der Waals surface area contributed by atoms with E-state index >= 15 is 0 Å².